The van der Waals surface area contributed by atoms with Gasteiger partial charge >= 0.3 is 7.12 Å². The van der Waals surface area contributed by atoms with Gasteiger partial charge in [0.2, 0.25) is 0 Å². The highest BCUT2D eigenvalue weighted by Crippen LogP contribution is 2.25. The Kier molecular flexibility index (Phi) is 11.1. The first-order valence-electron chi connectivity index (χ1n) is 9.02. The SMILES string of the molecule is Brc1cccnc1Br.Fc1ccc(-c2ncccc2Br)cc1.OB(O)c1ccc(F)cc1. The third kappa shape index (κ3) is 8.87. The molecule has 0 spiro atoms. The molecule has 0 saturated carbocycles. The van der Waals surface area contributed by atoms with E-state index in [2.05, 4.69) is 57.8 Å². The molecule has 164 valence electrons. The van der Waals surface area contributed by atoms with Gasteiger partial charge in [0.25, 0.3) is 0 Å². The van der Waals surface area contributed by atoms with Crippen LogP contribution in [0.5, 0.6) is 0 Å². The van der Waals surface area contributed by atoms with E-state index in [1.807, 2.05) is 24.3 Å². The van der Waals surface area contributed by atoms with E-state index in [-0.39, 0.29) is 11.6 Å². The van der Waals surface area contributed by atoms with Crippen LogP contribution in [0.1, 0.15) is 0 Å². The molecule has 0 amide bonds. The van der Waals surface area contributed by atoms with Crippen molar-refractivity contribution in [2.45, 2.75) is 0 Å². The molecule has 2 aromatic carbocycles. The number of halogens is 5. The molecule has 32 heavy (non-hydrogen) atoms. The highest BCUT2D eigenvalue weighted by atomic mass is 79.9. The molecular weight excluding hydrogens is 613 g/mol. The second kappa shape index (κ2) is 13.5. The van der Waals surface area contributed by atoms with Gasteiger partial charge in [-0.3, -0.25) is 4.98 Å². The summed E-state index contributed by atoms with van der Waals surface area (Å²) >= 11 is 9.92. The van der Waals surface area contributed by atoms with Crippen LogP contribution >= 0.6 is 47.8 Å². The van der Waals surface area contributed by atoms with E-state index in [0.29, 0.717) is 5.46 Å². The van der Waals surface area contributed by atoms with Crippen molar-refractivity contribution in [1.82, 2.24) is 9.97 Å². The lowest BCUT2D eigenvalue weighted by atomic mass is 9.80. The van der Waals surface area contributed by atoms with Gasteiger partial charge in [0, 0.05) is 22.4 Å². The van der Waals surface area contributed by atoms with Gasteiger partial charge in [0.15, 0.2) is 0 Å². The summed E-state index contributed by atoms with van der Waals surface area (Å²) in [5, 5.41) is 17.1. The van der Waals surface area contributed by atoms with Gasteiger partial charge in [0.1, 0.15) is 16.2 Å². The summed E-state index contributed by atoms with van der Waals surface area (Å²) < 4.78 is 27.6. The minimum Gasteiger partial charge on any atom is -0.423 e. The molecule has 0 radical (unpaired) electrons. The van der Waals surface area contributed by atoms with Crippen LogP contribution in [-0.4, -0.2) is 27.1 Å². The summed E-state index contributed by atoms with van der Waals surface area (Å²) in [4.78, 5) is 8.16. The molecule has 4 aromatic rings. The largest absolute Gasteiger partial charge is 0.488 e. The predicted molar refractivity (Wildman–Crippen MR) is 133 cm³/mol. The third-order valence-electron chi connectivity index (χ3n) is 3.76. The quantitative estimate of drug-likeness (QED) is 0.219. The predicted octanol–water partition coefficient (Wildman–Crippen LogP) is 5.76. The molecule has 2 heterocycles. The lowest BCUT2D eigenvalue weighted by Gasteiger charge is -2.02. The molecule has 4 nitrogen and oxygen atoms in total. The summed E-state index contributed by atoms with van der Waals surface area (Å²) in [5.74, 6) is -0.620. The number of hydrogen-bond donors (Lipinski definition) is 2. The number of aromatic nitrogens is 2. The van der Waals surface area contributed by atoms with Gasteiger partial charge < -0.3 is 10.0 Å². The second-order valence-corrected chi connectivity index (χ2v) is 8.50. The first-order chi connectivity index (χ1) is 15.3. The van der Waals surface area contributed by atoms with Gasteiger partial charge in [-0.2, -0.15) is 0 Å². The molecule has 4 rings (SSSR count). The maximum Gasteiger partial charge on any atom is 0.488 e. The molecular formula is C22H16BBr3F2N2O2. The van der Waals surface area contributed by atoms with Crippen molar-refractivity contribution in [2.24, 2.45) is 0 Å². The monoisotopic (exact) mass is 626 g/mol. The van der Waals surface area contributed by atoms with E-state index in [9.17, 15) is 8.78 Å². The minimum absolute atomic E-state index is 0.235. The average Bonchev–Trinajstić information content (AvgIpc) is 2.78. The number of benzene rings is 2. The lowest BCUT2D eigenvalue weighted by molar-refractivity contribution is 0.425. The highest BCUT2D eigenvalue weighted by Gasteiger charge is 2.09. The standard InChI is InChI=1S/C11H7BrFN.C6H6BFO2.C5H3Br2N/c12-10-2-1-7-14-11(10)8-3-5-9(13)6-4-8;8-6-3-1-5(2-4-6)7(9)10;6-4-2-1-3-8-5(4)7/h1-7H;1-4,9-10H;1-3H. The van der Waals surface area contributed by atoms with Gasteiger partial charge in [-0.25, -0.2) is 13.8 Å². The first kappa shape index (κ1) is 26.3. The van der Waals surface area contributed by atoms with Crippen molar-refractivity contribution in [3.8, 4) is 11.3 Å². The lowest BCUT2D eigenvalue weighted by Crippen LogP contribution is -2.29. The normalized spacial score (nSPS) is 9.72. The molecule has 2 N–H and O–H groups in total. The fraction of sp³-hybridized carbons (Fsp3) is 0. The summed E-state index contributed by atoms with van der Waals surface area (Å²) in [6.07, 6.45) is 3.44. The Morgan fingerprint density at radius 1 is 0.656 bits per heavy atom. The molecule has 0 aliphatic carbocycles. The first-order valence-corrected chi connectivity index (χ1v) is 11.4. The Labute approximate surface area is 209 Å². The van der Waals surface area contributed by atoms with E-state index in [0.717, 1.165) is 24.8 Å². The van der Waals surface area contributed by atoms with E-state index in [1.165, 1.54) is 36.4 Å². The van der Waals surface area contributed by atoms with Crippen molar-refractivity contribution >= 4 is 60.4 Å². The molecule has 2 aromatic heterocycles. The Morgan fingerprint density at radius 3 is 1.59 bits per heavy atom. The molecule has 0 aliphatic rings. The fourth-order valence-corrected chi connectivity index (χ4v) is 3.20. The molecule has 0 saturated heterocycles. The summed E-state index contributed by atoms with van der Waals surface area (Å²) in [5.41, 5.74) is 2.02. The second-order valence-electron chi connectivity index (χ2n) is 6.04. The van der Waals surface area contributed by atoms with E-state index >= 15 is 0 Å². The van der Waals surface area contributed by atoms with Crippen molar-refractivity contribution in [3.05, 3.63) is 110 Å². The van der Waals surface area contributed by atoms with Crippen LogP contribution in [0, 0.1) is 11.6 Å². The maximum atomic E-state index is 12.7. The average molecular weight is 629 g/mol. The Hall–Kier alpha value is -1.98. The molecule has 0 bridgehead atoms. The van der Waals surface area contributed by atoms with Gasteiger partial charge in [-0.1, -0.05) is 12.1 Å². The zero-order valence-electron chi connectivity index (χ0n) is 16.3. The van der Waals surface area contributed by atoms with Crippen LogP contribution in [0.4, 0.5) is 8.78 Å². The Morgan fingerprint density at radius 2 is 1.16 bits per heavy atom. The number of hydrogen-bond acceptors (Lipinski definition) is 4. The Bertz CT molecular complexity index is 1100. The maximum absolute atomic E-state index is 12.7. The number of nitrogens with zero attached hydrogens (tertiary/aromatic N) is 2. The van der Waals surface area contributed by atoms with Crippen molar-refractivity contribution < 1.29 is 18.8 Å². The van der Waals surface area contributed by atoms with Gasteiger partial charge in [-0.15, -0.1) is 0 Å². The molecule has 0 atom stereocenters. The van der Waals surface area contributed by atoms with Crippen LogP contribution in [0.3, 0.4) is 0 Å². The van der Waals surface area contributed by atoms with Crippen LogP contribution in [0.2, 0.25) is 0 Å². The van der Waals surface area contributed by atoms with Crippen LogP contribution in [0.25, 0.3) is 11.3 Å². The third-order valence-corrected chi connectivity index (χ3v) is 6.20. The number of pyridine rings is 2. The molecule has 0 fully saturated rings. The summed E-state index contributed by atoms with van der Waals surface area (Å²) in [6, 6.07) is 18.8. The molecule has 10 heteroatoms. The summed E-state index contributed by atoms with van der Waals surface area (Å²) in [7, 11) is -1.51. The zero-order valence-corrected chi connectivity index (χ0v) is 21.1. The van der Waals surface area contributed by atoms with Crippen LogP contribution in [0.15, 0.2) is 98.7 Å². The van der Waals surface area contributed by atoms with E-state index in [1.54, 1.807) is 24.5 Å². The van der Waals surface area contributed by atoms with Crippen molar-refractivity contribution in [2.75, 3.05) is 0 Å². The topological polar surface area (TPSA) is 66.2 Å². The minimum atomic E-state index is -1.51. The van der Waals surface area contributed by atoms with Gasteiger partial charge in [-0.05, 0) is 114 Å². The highest BCUT2D eigenvalue weighted by molar-refractivity contribution is 9.13. The van der Waals surface area contributed by atoms with Crippen LogP contribution in [-0.2, 0) is 0 Å². The van der Waals surface area contributed by atoms with Crippen LogP contribution < -0.4 is 5.46 Å². The Balaban J connectivity index is 0.000000178. The van der Waals surface area contributed by atoms with Crippen molar-refractivity contribution in [3.63, 3.8) is 0 Å². The molecule has 0 unspecified atom stereocenters. The van der Waals surface area contributed by atoms with Gasteiger partial charge in [0.05, 0.1) is 10.2 Å². The summed E-state index contributed by atoms with van der Waals surface area (Å²) in [6.45, 7) is 0. The van der Waals surface area contributed by atoms with E-state index < -0.39 is 7.12 Å². The number of rotatable bonds is 2. The molecule has 0 aliphatic heterocycles. The zero-order chi connectivity index (χ0) is 23.5. The smallest absolute Gasteiger partial charge is 0.423 e. The fourth-order valence-electron chi connectivity index (χ4n) is 2.21. The van der Waals surface area contributed by atoms with E-state index in [4.69, 9.17) is 10.0 Å². The van der Waals surface area contributed by atoms with Crippen molar-refractivity contribution in [1.29, 1.82) is 0 Å².